The predicted molar refractivity (Wildman–Crippen MR) is 72.5 cm³/mol. The summed E-state index contributed by atoms with van der Waals surface area (Å²) in [7, 11) is 1.92. The van der Waals surface area contributed by atoms with Crippen molar-refractivity contribution in [2.75, 3.05) is 7.05 Å². The van der Waals surface area contributed by atoms with Gasteiger partial charge in [0.25, 0.3) is 0 Å². The van der Waals surface area contributed by atoms with Crippen molar-refractivity contribution in [1.29, 1.82) is 5.26 Å². The lowest BCUT2D eigenvalue weighted by Crippen LogP contribution is -2.09. The molecule has 0 unspecified atom stereocenters. The first-order valence-corrected chi connectivity index (χ1v) is 6.18. The Morgan fingerprint density at radius 2 is 2.21 bits per heavy atom. The molecule has 5 nitrogen and oxygen atoms in total. The average molecular weight is 255 g/mol. The van der Waals surface area contributed by atoms with E-state index in [0.717, 1.165) is 23.5 Å². The quantitative estimate of drug-likeness (QED) is 0.899. The van der Waals surface area contributed by atoms with Crippen LogP contribution < -0.4 is 5.32 Å². The zero-order chi connectivity index (χ0) is 13.8. The number of rotatable bonds is 4. The Morgan fingerprint density at radius 3 is 2.89 bits per heavy atom. The Balaban J connectivity index is 2.34. The number of nitriles is 1. The van der Waals surface area contributed by atoms with Crippen molar-refractivity contribution in [1.82, 2.24) is 20.1 Å². The summed E-state index contributed by atoms with van der Waals surface area (Å²) in [5.74, 6) is 0. The molecule has 2 aromatic heterocycles. The number of nitrogens with one attached hydrogen (secondary N) is 1. The van der Waals surface area contributed by atoms with E-state index in [1.807, 2.05) is 30.8 Å². The molecule has 0 aromatic carbocycles. The van der Waals surface area contributed by atoms with E-state index in [4.69, 9.17) is 5.26 Å². The Kier molecular flexibility index (Phi) is 3.93. The molecule has 2 aromatic rings. The smallest absolute Gasteiger partial charge is 0.145 e. The summed E-state index contributed by atoms with van der Waals surface area (Å²) in [4.78, 5) is 4.07. The van der Waals surface area contributed by atoms with Gasteiger partial charge in [-0.05, 0) is 27.0 Å². The fraction of sp³-hybridized carbons (Fsp3) is 0.357. The highest BCUT2D eigenvalue weighted by atomic mass is 15.3. The predicted octanol–water partition coefficient (Wildman–Crippen LogP) is 1.53. The zero-order valence-electron chi connectivity index (χ0n) is 11.4. The van der Waals surface area contributed by atoms with Gasteiger partial charge >= 0.3 is 0 Å². The first kappa shape index (κ1) is 13.2. The standard InChI is InChI=1S/C14H17N5/c1-10-13(8-16-3)11(2)19(18-10)9-12-5-4-6-17-14(12)7-15/h4-6,16H,8-9H2,1-3H3. The monoisotopic (exact) mass is 255 g/mol. The number of pyridine rings is 1. The number of aryl methyl sites for hydroxylation is 1. The molecule has 0 atom stereocenters. The Morgan fingerprint density at radius 1 is 1.42 bits per heavy atom. The molecule has 98 valence electrons. The van der Waals surface area contributed by atoms with Crippen LogP contribution >= 0.6 is 0 Å². The van der Waals surface area contributed by atoms with Crippen molar-refractivity contribution in [2.24, 2.45) is 0 Å². The van der Waals surface area contributed by atoms with Gasteiger partial charge in [0.1, 0.15) is 11.8 Å². The molecule has 0 bridgehead atoms. The van der Waals surface area contributed by atoms with Crippen LogP contribution in [0.15, 0.2) is 18.3 Å². The summed E-state index contributed by atoms with van der Waals surface area (Å²) in [6, 6.07) is 5.88. The van der Waals surface area contributed by atoms with E-state index in [9.17, 15) is 0 Å². The van der Waals surface area contributed by atoms with Crippen molar-refractivity contribution in [3.05, 3.63) is 46.5 Å². The molecule has 0 aliphatic rings. The van der Waals surface area contributed by atoms with Crippen molar-refractivity contribution in [2.45, 2.75) is 26.9 Å². The van der Waals surface area contributed by atoms with Crippen LogP contribution in [0.3, 0.4) is 0 Å². The summed E-state index contributed by atoms with van der Waals surface area (Å²) in [5.41, 5.74) is 4.72. The van der Waals surface area contributed by atoms with Crippen LogP contribution in [0.2, 0.25) is 0 Å². The highest BCUT2D eigenvalue weighted by molar-refractivity contribution is 5.32. The maximum Gasteiger partial charge on any atom is 0.145 e. The van der Waals surface area contributed by atoms with Gasteiger partial charge in [0.15, 0.2) is 0 Å². The van der Waals surface area contributed by atoms with Crippen LogP contribution in [0, 0.1) is 25.2 Å². The molecule has 0 fully saturated rings. The minimum Gasteiger partial charge on any atom is -0.316 e. The normalized spacial score (nSPS) is 10.4. The van der Waals surface area contributed by atoms with Gasteiger partial charge in [-0.3, -0.25) is 4.68 Å². The summed E-state index contributed by atoms with van der Waals surface area (Å²) >= 11 is 0. The first-order chi connectivity index (χ1) is 9.17. The molecule has 19 heavy (non-hydrogen) atoms. The minimum absolute atomic E-state index is 0.463. The van der Waals surface area contributed by atoms with E-state index in [1.54, 1.807) is 6.20 Å². The molecule has 0 spiro atoms. The molecule has 5 heteroatoms. The van der Waals surface area contributed by atoms with Gasteiger partial charge in [-0.15, -0.1) is 0 Å². The van der Waals surface area contributed by atoms with E-state index in [0.29, 0.717) is 12.2 Å². The molecule has 0 saturated carbocycles. The maximum atomic E-state index is 9.06. The van der Waals surface area contributed by atoms with Crippen LogP contribution in [0.1, 0.15) is 28.2 Å². The summed E-state index contributed by atoms with van der Waals surface area (Å²) in [5, 5.41) is 16.7. The van der Waals surface area contributed by atoms with E-state index in [1.165, 1.54) is 5.56 Å². The lowest BCUT2D eigenvalue weighted by molar-refractivity contribution is 0.654. The Hall–Kier alpha value is -2.19. The maximum absolute atomic E-state index is 9.06. The fourth-order valence-corrected chi connectivity index (χ4v) is 2.15. The summed E-state index contributed by atoms with van der Waals surface area (Å²) in [6.45, 7) is 5.43. The van der Waals surface area contributed by atoms with E-state index < -0.39 is 0 Å². The third-order valence-corrected chi connectivity index (χ3v) is 3.20. The third kappa shape index (κ3) is 2.64. The molecule has 2 heterocycles. The van der Waals surface area contributed by atoms with Crippen molar-refractivity contribution < 1.29 is 0 Å². The molecule has 0 radical (unpaired) electrons. The highest BCUT2D eigenvalue weighted by Gasteiger charge is 2.12. The van der Waals surface area contributed by atoms with Gasteiger partial charge < -0.3 is 5.32 Å². The molecule has 0 saturated heterocycles. The van der Waals surface area contributed by atoms with E-state index in [-0.39, 0.29) is 0 Å². The number of nitrogens with zero attached hydrogens (tertiary/aromatic N) is 4. The molecule has 0 amide bonds. The number of hydrogen-bond acceptors (Lipinski definition) is 4. The zero-order valence-corrected chi connectivity index (χ0v) is 11.4. The average Bonchev–Trinajstić information content (AvgIpc) is 2.67. The van der Waals surface area contributed by atoms with Gasteiger partial charge in [-0.1, -0.05) is 6.07 Å². The van der Waals surface area contributed by atoms with E-state index in [2.05, 4.69) is 28.4 Å². The highest BCUT2D eigenvalue weighted by Crippen LogP contribution is 2.15. The summed E-state index contributed by atoms with van der Waals surface area (Å²) in [6.07, 6.45) is 1.63. The lowest BCUT2D eigenvalue weighted by atomic mass is 10.2. The Bertz CT molecular complexity index is 621. The largest absolute Gasteiger partial charge is 0.316 e. The second-order valence-electron chi connectivity index (χ2n) is 4.46. The van der Waals surface area contributed by atoms with Gasteiger partial charge in [0.2, 0.25) is 0 Å². The van der Waals surface area contributed by atoms with Crippen LogP contribution in [0.4, 0.5) is 0 Å². The second kappa shape index (κ2) is 5.63. The third-order valence-electron chi connectivity index (χ3n) is 3.20. The fourth-order valence-electron chi connectivity index (χ4n) is 2.15. The van der Waals surface area contributed by atoms with Crippen molar-refractivity contribution in [3.63, 3.8) is 0 Å². The molecular formula is C14H17N5. The molecular weight excluding hydrogens is 238 g/mol. The van der Waals surface area contributed by atoms with Crippen LogP contribution in [0.25, 0.3) is 0 Å². The lowest BCUT2D eigenvalue weighted by Gasteiger charge is -2.06. The van der Waals surface area contributed by atoms with Gasteiger partial charge in [-0.2, -0.15) is 10.4 Å². The molecule has 0 aliphatic heterocycles. The number of hydrogen-bond donors (Lipinski definition) is 1. The van der Waals surface area contributed by atoms with Crippen molar-refractivity contribution in [3.8, 4) is 6.07 Å². The number of aromatic nitrogens is 3. The Labute approximate surface area is 112 Å². The van der Waals surface area contributed by atoms with Crippen LogP contribution in [-0.2, 0) is 13.1 Å². The summed E-state index contributed by atoms with van der Waals surface area (Å²) < 4.78 is 1.93. The SMILES string of the molecule is CNCc1c(C)nn(Cc2cccnc2C#N)c1C. The molecule has 2 rings (SSSR count). The van der Waals surface area contributed by atoms with Gasteiger partial charge in [0.05, 0.1) is 12.2 Å². The van der Waals surface area contributed by atoms with Gasteiger partial charge in [-0.25, -0.2) is 4.98 Å². The van der Waals surface area contributed by atoms with Crippen LogP contribution in [0.5, 0.6) is 0 Å². The van der Waals surface area contributed by atoms with Crippen molar-refractivity contribution >= 4 is 0 Å². The van der Waals surface area contributed by atoms with E-state index >= 15 is 0 Å². The molecule has 1 N–H and O–H groups in total. The topological polar surface area (TPSA) is 66.5 Å². The first-order valence-electron chi connectivity index (χ1n) is 6.18. The van der Waals surface area contributed by atoms with Crippen LogP contribution in [-0.4, -0.2) is 21.8 Å². The van der Waals surface area contributed by atoms with Gasteiger partial charge in [0, 0.05) is 29.6 Å². The minimum atomic E-state index is 0.463. The molecule has 0 aliphatic carbocycles. The second-order valence-corrected chi connectivity index (χ2v) is 4.46.